The number of piperazine rings is 1. The lowest BCUT2D eigenvalue weighted by atomic mass is 9.96. The number of hydrogen-bond acceptors (Lipinski definition) is 3. The molecular weight excluding hydrogens is 228 g/mol. The lowest BCUT2D eigenvalue weighted by Gasteiger charge is -2.39. The molecule has 17 heavy (non-hydrogen) atoms. The van der Waals surface area contributed by atoms with Crippen molar-refractivity contribution in [1.82, 2.24) is 10.2 Å². The van der Waals surface area contributed by atoms with Crippen LogP contribution in [0.15, 0.2) is 17.5 Å². The molecule has 1 aromatic heterocycles. The van der Waals surface area contributed by atoms with E-state index >= 15 is 0 Å². The van der Waals surface area contributed by atoms with Gasteiger partial charge in [-0.15, -0.1) is 11.3 Å². The zero-order valence-corrected chi connectivity index (χ0v) is 12.0. The standard InChI is InChI=1S/C14H24N2S/c1-4-11(2)13-10-16(8-7-15-13)12(3)14-6-5-9-17-14/h5-6,9,11-13,15H,4,7-8,10H2,1-3H3. The first kappa shape index (κ1) is 13.1. The second-order valence-corrected chi connectivity index (χ2v) is 6.11. The third kappa shape index (κ3) is 3.09. The normalized spacial score (nSPS) is 25.7. The van der Waals surface area contributed by atoms with Crippen molar-refractivity contribution in [3.63, 3.8) is 0 Å². The molecule has 0 radical (unpaired) electrons. The summed E-state index contributed by atoms with van der Waals surface area (Å²) in [7, 11) is 0. The van der Waals surface area contributed by atoms with Crippen molar-refractivity contribution in [2.45, 2.75) is 39.3 Å². The van der Waals surface area contributed by atoms with Gasteiger partial charge in [0.05, 0.1) is 0 Å². The molecule has 2 rings (SSSR count). The van der Waals surface area contributed by atoms with Crippen LogP contribution >= 0.6 is 11.3 Å². The lowest BCUT2D eigenvalue weighted by molar-refractivity contribution is 0.132. The van der Waals surface area contributed by atoms with E-state index in [1.54, 1.807) is 0 Å². The van der Waals surface area contributed by atoms with Crippen molar-refractivity contribution in [1.29, 1.82) is 0 Å². The summed E-state index contributed by atoms with van der Waals surface area (Å²) < 4.78 is 0. The molecule has 3 atom stereocenters. The molecule has 0 bridgehead atoms. The molecule has 3 heteroatoms. The predicted octanol–water partition coefficient (Wildman–Crippen LogP) is 3.13. The minimum atomic E-state index is 0.573. The van der Waals surface area contributed by atoms with Crippen LogP contribution < -0.4 is 5.32 Å². The number of thiophene rings is 1. The Morgan fingerprint density at radius 3 is 3.00 bits per heavy atom. The maximum atomic E-state index is 3.66. The maximum Gasteiger partial charge on any atom is 0.0414 e. The molecular formula is C14H24N2S. The van der Waals surface area contributed by atoms with Crippen molar-refractivity contribution < 1.29 is 0 Å². The largest absolute Gasteiger partial charge is 0.311 e. The van der Waals surface area contributed by atoms with E-state index in [4.69, 9.17) is 0 Å². The van der Waals surface area contributed by atoms with Crippen LogP contribution in [0.3, 0.4) is 0 Å². The smallest absolute Gasteiger partial charge is 0.0414 e. The first-order chi connectivity index (χ1) is 8.22. The highest BCUT2D eigenvalue weighted by molar-refractivity contribution is 7.10. The second-order valence-electron chi connectivity index (χ2n) is 5.13. The van der Waals surface area contributed by atoms with Gasteiger partial charge in [0.15, 0.2) is 0 Å². The van der Waals surface area contributed by atoms with Crippen molar-refractivity contribution in [3.05, 3.63) is 22.4 Å². The van der Waals surface area contributed by atoms with Crippen molar-refractivity contribution in [3.8, 4) is 0 Å². The molecule has 2 heterocycles. The molecule has 1 N–H and O–H groups in total. The molecule has 0 saturated carbocycles. The molecule has 1 saturated heterocycles. The quantitative estimate of drug-likeness (QED) is 0.885. The molecule has 0 aromatic carbocycles. The Balaban J connectivity index is 1.97. The van der Waals surface area contributed by atoms with E-state index in [0.717, 1.165) is 12.5 Å². The highest BCUT2D eigenvalue weighted by Crippen LogP contribution is 2.26. The van der Waals surface area contributed by atoms with Crippen LogP contribution in [0.1, 0.15) is 38.1 Å². The summed E-state index contributed by atoms with van der Waals surface area (Å²) in [5, 5.41) is 5.84. The topological polar surface area (TPSA) is 15.3 Å². The summed E-state index contributed by atoms with van der Waals surface area (Å²) >= 11 is 1.88. The number of rotatable bonds is 4. The third-order valence-corrected chi connectivity index (χ3v) is 5.11. The van der Waals surface area contributed by atoms with Gasteiger partial charge in [-0.25, -0.2) is 0 Å². The fourth-order valence-corrected chi connectivity index (χ4v) is 3.35. The van der Waals surface area contributed by atoms with Crippen LogP contribution in [-0.2, 0) is 0 Å². The molecule has 0 spiro atoms. The summed E-state index contributed by atoms with van der Waals surface area (Å²) in [6.07, 6.45) is 1.26. The number of hydrogen-bond donors (Lipinski definition) is 1. The SMILES string of the molecule is CCC(C)C1CN(C(C)c2cccs2)CCN1. The van der Waals surface area contributed by atoms with Gasteiger partial charge < -0.3 is 5.32 Å². The minimum absolute atomic E-state index is 0.573. The molecule has 2 nitrogen and oxygen atoms in total. The summed E-state index contributed by atoms with van der Waals surface area (Å²) in [5.74, 6) is 0.772. The van der Waals surface area contributed by atoms with Gasteiger partial charge in [-0.05, 0) is 24.3 Å². The van der Waals surface area contributed by atoms with Gasteiger partial charge in [0.1, 0.15) is 0 Å². The molecule has 1 aliphatic heterocycles. The molecule has 0 aliphatic carbocycles. The molecule has 0 amide bonds. The Morgan fingerprint density at radius 2 is 2.35 bits per heavy atom. The third-order valence-electron chi connectivity index (χ3n) is 4.07. The van der Waals surface area contributed by atoms with Crippen LogP contribution in [0.2, 0.25) is 0 Å². The molecule has 3 unspecified atom stereocenters. The van der Waals surface area contributed by atoms with Gasteiger partial charge in [-0.2, -0.15) is 0 Å². The lowest BCUT2D eigenvalue weighted by Crippen LogP contribution is -2.53. The van der Waals surface area contributed by atoms with Crippen LogP contribution in [0.5, 0.6) is 0 Å². The molecule has 96 valence electrons. The van der Waals surface area contributed by atoms with E-state index in [1.165, 1.54) is 24.4 Å². The fraction of sp³-hybridized carbons (Fsp3) is 0.714. The minimum Gasteiger partial charge on any atom is -0.311 e. The summed E-state index contributed by atoms with van der Waals surface area (Å²) in [6.45, 7) is 10.5. The predicted molar refractivity (Wildman–Crippen MR) is 75.6 cm³/mol. The summed E-state index contributed by atoms with van der Waals surface area (Å²) in [4.78, 5) is 4.12. The number of nitrogens with zero attached hydrogens (tertiary/aromatic N) is 1. The van der Waals surface area contributed by atoms with E-state index in [1.807, 2.05) is 11.3 Å². The Bertz CT molecular complexity index is 323. The Kier molecular flexibility index (Phi) is 4.60. The Morgan fingerprint density at radius 1 is 1.53 bits per heavy atom. The Hall–Kier alpha value is -0.380. The average Bonchev–Trinajstić information content (AvgIpc) is 2.91. The van der Waals surface area contributed by atoms with Gasteiger partial charge in [0, 0.05) is 36.6 Å². The van der Waals surface area contributed by atoms with Gasteiger partial charge in [0.25, 0.3) is 0 Å². The first-order valence-corrected chi connectivity index (χ1v) is 7.61. The average molecular weight is 252 g/mol. The Labute approximate surface area is 109 Å². The van der Waals surface area contributed by atoms with Gasteiger partial charge in [-0.3, -0.25) is 4.90 Å². The molecule has 1 fully saturated rings. The van der Waals surface area contributed by atoms with Gasteiger partial charge in [0.2, 0.25) is 0 Å². The fourth-order valence-electron chi connectivity index (χ4n) is 2.53. The van der Waals surface area contributed by atoms with Crippen LogP contribution in [-0.4, -0.2) is 30.6 Å². The summed E-state index contributed by atoms with van der Waals surface area (Å²) in [5.41, 5.74) is 0. The van der Waals surface area contributed by atoms with Crippen LogP contribution in [0.4, 0.5) is 0 Å². The van der Waals surface area contributed by atoms with E-state index in [-0.39, 0.29) is 0 Å². The van der Waals surface area contributed by atoms with Crippen molar-refractivity contribution in [2.24, 2.45) is 5.92 Å². The van der Waals surface area contributed by atoms with E-state index in [2.05, 4.69) is 48.5 Å². The molecule has 1 aliphatic rings. The second kappa shape index (κ2) is 5.98. The van der Waals surface area contributed by atoms with Crippen LogP contribution in [0, 0.1) is 5.92 Å². The maximum absolute atomic E-state index is 3.66. The zero-order chi connectivity index (χ0) is 12.3. The monoisotopic (exact) mass is 252 g/mol. The van der Waals surface area contributed by atoms with Gasteiger partial charge in [-0.1, -0.05) is 26.3 Å². The van der Waals surface area contributed by atoms with Crippen LogP contribution in [0.25, 0.3) is 0 Å². The van der Waals surface area contributed by atoms with E-state index in [9.17, 15) is 0 Å². The van der Waals surface area contributed by atoms with E-state index in [0.29, 0.717) is 12.1 Å². The zero-order valence-electron chi connectivity index (χ0n) is 11.1. The number of nitrogens with one attached hydrogen (secondary N) is 1. The van der Waals surface area contributed by atoms with E-state index < -0.39 is 0 Å². The first-order valence-electron chi connectivity index (χ1n) is 6.73. The van der Waals surface area contributed by atoms with Crippen molar-refractivity contribution in [2.75, 3.05) is 19.6 Å². The molecule has 1 aromatic rings. The van der Waals surface area contributed by atoms with Crippen molar-refractivity contribution >= 4 is 11.3 Å². The van der Waals surface area contributed by atoms with Gasteiger partial charge >= 0.3 is 0 Å². The highest BCUT2D eigenvalue weighted by Gasteiger charge is 2.26. The highest BCUT2D eigenvalue weighted by atomic mass is 32.1. The summed E-state index contributed by atoms with van der Waals surface area (Å²) in [6, 6.07) is 5.65.